The van der Waals surface area contributed by atoms with E-state index in [-0.39, 0.29) is 24.3 Å². The normalized spacial score (nSPS) is 11.7. The maximum atomic E-state index is 11.9. The van der Waals surface area contributed by atoms with Crippen molar-refractivity contribution in [3.8, 4) is 6.07 Å². The predicted octanol–water partition coefficient (Wildman–Crippen LogP) is 2.33. The Morgan fingerprint density at radius 2 is 2.29 bits per heavy atom. The van der Waals surface area contributed by atoms with E-state index in [1.165, 1.54) is 11.0 Å². The number of nitrogens with one attached hydrogen (secondary N) is 1. The molecule has 21 heavy (non-hydrogen) atoms. The van der Waals surface area contributed by atoms with E-state index in [1.54, 1.807) is 24.3 Å². The first-order valence-electron chi connectivity index (χ1n) is 6.03. The topological polar surface area (TPSA) is 83.6 Å². The minimum atomic E-state index is -0.277. The van der Waals surface area contributed by atoms with E-state index in [9.17, 15) is 4.79 Å². The summed E-state index contributed by atoms with van der Waals surface area (Å²) in [5.74, 6) is -0.237. The first-order chi connectivity index (χ1) is 9.99. The van der Waals surface area contributed by atoms with Gasteiger partial charge in [-0.15, -0.1) is 5.10 Å². The van der Waals surface area contributed by atoms with E-state index in [2.05, 4.69) is 15.4 Å². The summed E-state index contributed by atoms with van der Waals surface area (Å²) in [5.41, 5.74) is 0.769. The van der Waals surface area contributed by atoms with Crippen molar-refractivity contribution in [2.75, 3.05) is 0 Å². The summed E-state index contributed by atoms with van der Waals surface area (Å²) in [4.78, 5) is 15.6. The molecule has 0 fully saturated rings. The molecule has 1 aromatic carbocycles. The van der Waals surface area contributed by atoms with Gasteiger partial charge in [-0.1, -0.05) is 29.3 Å². The monoisotopic (exact) mass is 323 g/mol. The molecule has 1 atom stereocenters. The lowest BCUT2D eigenvalue weighted by Crippen LogP contribution is -2.30. The van der Waals surface area contributed by atoms with E-state index < -0.39 is 0 Å². The van der Waals surface area contributed by atoms with Gasteiger partial charge in [0.25, 0.3) is 5.82 Å². The quantitative estimate of drug-likeness (QED) is 0.935. The van der Waals surface area contributed by atoms with Crippen molar-refractivity contribution in [2.24, 2.45) is 0 Å². The molecule has 8 heteroatoms. The van der Waals surface area contributed by atoms with Crippen LogP contribution in [-0.2, 0) is 11.3 Å². The number of aromatic nitrogens is 3. The number of nitrogens with zero attached hydrogens (tertiary/aromatic N) is 4. The molecular formula is C13H11Cl2N5O. The number of hydrogen-bond acceptors (Lipinski definition) is 4. The molecule has 1 aromatic heterocycles. The van der Waals surface area contributed by atoms with E-state index in [1.807, 2.05) is 6.92 Å². The Kier molecular flexibility index (Phi) is 4.78. The van der Waals surface area contributed by atoms with Gasteiger partial charge >= 0.3 is 0 Å². The third kappa shape index (κ3) is 3.94. The Hall–Kier alpha value is -2.10. The van der Waals surface area contributed by atoms with Crippen LogP contribution in [0.4, 0.5) is 0 Å². The van der Waals surface area contributed by atoms with Gasteiger partial charge in [0.15, 0.2) is 0 Å². The van der Waals surface area contributed by atoms with Crippen molar-refractivity contribution < 1.29 is 4.79 Å². The summed E-state index contributed by atoms with van der Waals surface area (Å²) in [5, 5.41) is 16.3. The molecular weight excluding hydrogens is 313 g/mol. The van der Waals surface area contributed by atoms with Gasteiger partial charge in [-0.2, -0.15) is 5.26 Å². The minimum Gasteiger partial charge on any atom is -0.348 e. The highest BCUT2D eigenvalue weighted by Crippen LogP contribution is 2.25. The fourth-order valence-corrected chi connectivity index (χ4v) is 2.36. The van der Waals surface area contributed by atoms with E-state index in [0.717, 1.165) is 5.56 Å². The Bertz CT molecular complexity index is 707. The number of carbonyl (C=O) groups excluding carboxylic acids is 1. The molecule has 0 radical (unpaired) electrons. The third-order valence-electron chi connectivity index (χ3n) is 2.75. The number of amides is 1. The van der Waals surface area contributed by atoms with Gasteiger partial charge in [-0.05, 0) is 24.6 Å². The van der Waals surface area contributed by atoms with Gasteiger partial charge in [0, 0.05) is 10.0 Å². The van der Waals surface area contributed by atoms with Crippen molar-refractivity contribution in [3.63, 3.8) is 0 Å². The molecule has 0 spiro atoms. The van der Waals surface area contributed by atoms with Crippen molar-refractivity contribution in [1.29, 1.82) is 5.26 Å². The highest BCUT2D eigenvalue weighted by atomic mass is 35.5. The van der Waals surface area contributed by atoms with Crippen LogP contribution in [0.25, 0.3) is 0 Å². The number of rotatable bonds is 4. The Balaban J connectivity index is 2.00. The fraction of sp³-hybridized carbons (Fsp3) is 0.231. The Labute approximate surface area is 131 Å². The van der Waals surface area contributed by atoms with Crippen LogP contribution in [0, 0.1) is 11.3 Å². The smallest absolute Gasteiger partial charge is 0.252 e. The standard InChI is InChI=1S/C13H11Cl2N5O/c1-8(10-3-2-9(14)4-11(10)15)18-13(21)6-20-7-17-12(5-16)19-20/h2-4,7-8H,6H2,1H3,(H,18,21). The summed E-state index contributed by atoms with van der Waals surface area (Å²) < 4.78 is 1.30. The zero-order chi connectivity index (χ0) is 15.4. The van der Waals surface area contributed by atoms with Crippen LogP contribution >= 0.6 is 23.2 Å². The largest absolute Gasteiger partial charge is 0.348 e. The zero-order valence-corrected chi connectivity index (χ0v) is 12.6. The average molecular weight is 324 g/mol. The van der Waals surface area contributed by atoms with Gasteiger partial charge < -0.3 is 5.32 Å². The average Bonchev–Trinajstić information content (AvgIpc) is 2.85. The summed E-state index contributed by atoms with van der Waals surface area (Å²) in [6.07, 6.45) is 1.33. The number of carbonyl (C=O) groups is 1. The maximum Gasteiger partial charge on any atom is 0.252 e. The van der Waals surface area contributed by atoms with Crippen LogP contribution in [0.15, 0.2) is 24.5 Å². The number of halogens is 2. The van der Waals surface area contributed by atoms with Crippen LogP contribution in [0.3, 0.4) is 0 Å². The predicted molar refractivity (Wildman–Crippen MR) is 77.8 cm³/mol. The minimum absolute atomic E-state index is 0.0236. The van der Waals surface area contributed by atoms with Crippen LogP contribution in [0.1, 0.15) is 24.4 Å². The molecule has 0 saturated heterocycles. The van der Waals surface area contributed by atoms with E-state index >= 15 is 0 Å². The molecule has 0 aliphatic heterocycles. The van der Waals surface area contributed by atoms with Crippen molar-refractivity contribution in [1.82, 2.24) is 20.1 Å². The molecule has 6 nitrogen and oxygen atoms in total. The van der Waals surface area contributed by atoms with Crippen LogP contribution in [0.2, 0.25) is 10.0 Å². The second-order valence-corrected chi connectivity index (χ2v) is 5.18. The molecule has 0 aliphatic rings. The van der Waals surface area contributed by atoms with E-state index in [4.69, 9.17) is 28.5 Å². The SMILES string of the molecule is CC(NC(=O)Cn1cnc(C#N)n1)c1ccc(Cl)cc1Cl. The van der Waals surface area contributed by atoms with Gasteiger partial charge in [0.1, 0.15) is 18.9 Å². The number of benzene rings is 1. The highest BCUT2D eigenvalue weighted by Gasteiger charge is 2.14. The zero-order valence-electron chi connectivity index (χ0n) is 11.0. The van der Waals surface area contributed by atoms with E-state index in [0.29, 0.717) is 10.0 Å². The molecule has 1 heterocycles. The molecule has 0 bridgehead atoms. The van der Waals surface area contributed by atoms with Gasteiger partial charge in [0.05, 0.1) is 6.04 Å². The summed E-state index contributed by atoms with van der Waals surface area (Å²) in [6, 6.07) is 6.61. The second kappa shape index (κ2) is 6.57. The number of nitriles is 1. The molecule has 2 rings (SSSR count). The molecule has 1 unspecified atom stereocenters. The molecule has 108 valence electrons. The first-order valence-corrected chi connectivity index (χ1v) is 6.79. The van der Waals surface area contributed by atoms with Gasteiger partial charge in [-0.3, -0.25) is 4.79 Å². The summed E-state index contributed by atoms with van der Waals surface area (Å²) in [6.45, 7) is 1.79. The lowest BCUT2D eigenvalue weighted by molar-refractivity contribution is -0.122. The Morgan fingerprint density at radius 3 is 2.90 bits per heavy atom. The van der Waals surface area contributed by atoms with Gasteiger partial charge in [-0.25, -0.2) is 9.67 Å². The summed E-state index contributed by atoms with van der Waals surface area (Å²) >= 11 is 11.9. The highest BCUT2D eigenvalue weighted by molar-refractivity contribution is 6.35. The number of hydrogen-bond donors (Lipinski definition) is 1. The second-order valence-electron chi connectivity index (χ2n) is 4.33. The maximum absolute atomic E-state index is 11.9. The first kappa shape index (κ1) is 15.3. The fourth-order valence-electron chi connectivity index (χ4n) is 1.79. The Morgan fingerprint density at radius 1 is 1.52 bits per heavy atom. The third-order valence-corrected chi connectivity index (χ3v) is 3.31. The molecule has 1 N–H and O–H groups in total. The van der Waals surface area contributed by atoms with Crippen LogP contribution in [-0.4, -0.2) is 20.7 Å². The van der Waals surface area contributed by atoms with Crippen molar-refractivity contribution in [3.05, 3.63) is 46.0 Å². The molecule has 0 saturated carbocycles. The molecule has 1 amide bonds. The van der Waals surface area contributed by atoms with Crippen molar-refractivity contribution >= 4 is 29.1 Å². The molecule has 2 aromatic rings. The summed E-state index contributed by atoms with van der Waals surface area (Å²) in [7, 11) is 0. The van der Waals surface area contributed by atoms with Crippen LogP contribution in [0.5, 0.6) is 0 Å². The molecule has 0 aliphatic carbocycles. The lowest BCUT2D eigenvalue weighted by Gasteiger charge is -2.15. The van der Waals surface area contributed by atoms with Crippen LogP contribution < -0.4 is 5.32 Å². The lowest BCUT2D eigenvalue weighted by atomic mass is 10.1. The van der Waals surface area contributed by atoms with Gasteiger partial charge in [0.2, 0.25) is 5.91 Å². The van der Waals surface area contributed by atoms with Crippen molar-refractivity contribution in [2.45, 2.75) is 19.5 Å².